The lowest BCUT2D eigenvalue weighted by Crippen LogP contribution is -2.43. The number of nitrogens with zero attached hydrogens (tertiary/aromatic N) is 2. The second-order valence-electron chi connectivity index (χ2n) is 4.98. The molecule has 0 heterocycles. The third-order valence-electron chi connectivity index (χ3n) is 2.15. The molecule has 5 nitrogen and oxygen atoms in total. The van der Waals surface area contributed by atoms with Gasteiger partial charge in [0.1, 0.15) is 5.75 Å². The number of benzene rings is 1. The predicted molar refractivity (Wildman–Crippen MR) is 71.6 cm³/mol. The third-order valence-corrected chi connectivity index (χ3v) is 2.15. The van der Waals surface area contributed by atoms with Crippen molar-refractivity contribution < 1.29 is 14.0 Å². The Labute approximate surface area is 108 Å². The average Bonchev–Trinajstić information content (AvgIpc) is 2.27. The Bertz CT molecular complexity index is 436. The molecule has 0 bridgehead atoms. The maximum Gasteiger partial charge on any atom is 0.295 e. The second kappa shape index (κ2) is 6.16. The number of carbonyl (C=O) groups is 1. The van der Waals surface area contributed by atoms with E-state index in [1.807, 2.05) is 45.4 Å². The zero-order valence-electron chi connectivity index (χ0n) is 11.3. The van der Waals surface area contributed by atoms with Crippen molar-refractivity contribution in [3.8, 4) is 5.75 Å². The Kier molecular flexibility index (Phi) is 4.85. The second-order valence-corrected chi connectivity index (χ2v) is 4.98. The van der Waals surface area contributed by atoms with Crippen molar-refractivity contribution in [1.82, 2.24) is 5.43 Å². The van der Waals surface area contributed by atoms with Gasteiger partial charge in [-0.15, -0.1) is 0 Å². The lowest BCUT2D eigenvalue weighted by Gasteiger charge is -2.21. The first-order valence-electron chi connectivity index (χ1n) is 5.68. The van der Waals surface area contributed by atoms with Crippen LogP contribution in [0.5, 0.6) is 5.75 Å². The molecule has 0 radical (unpaired) electrons. The minimum Gasteiger partial charge on any atom is -0.496 e. The van der Waals surface area contributed by atoms with E-state index in [-0.39, 0.29) is 5.91 Å². The van der Waals surface area contributed by atoms with E-state index in [1.54, 1.807) is 13.3 Å². The summed E-state index contributed by atoms with van der Waals surface area (Å²) in [5.41, 5.74) is 3.32. The molecular formula is C13H20N3O2+. The van der Waals surface area contributed by atoms with Crippen LogP contribution in [-0.2, 0) is 4.79 Å². The maximum atomic E-state index is 11.5. The molecule has 0 atom stereocenters. The van der Waals surface area contributed by atoms with Gasteiger partial charge in [-0.05, 0) is 12.1 Å². The summed E-state index contributed by atoms with van der Waals surface area (Å²) in [6.07, 6.45) is 1.58. The Morgan fingerprint density at radius 3 is 2.67 bits per heavy atom. The lowest BCUT2D eigenvalue weighted by atomic mass is 10.2. The predicted octanol–water partition coefficient (Wildman–Crippen LogP) is 0.851. The molecule has 0 aliphatic heterocycles. The van der Waals surface area contributed by atoms with Gasteiger partial charge in [-0.25, -0.2) is 5.43 Å². The fourth-order valence-electron chi connectivity index (χ4n) is 1.41. The Morgan fingerprint density at radius 2 is 2.06 bits per heavy atom. The largest absolute Gasteiger partial charge is 0.496 e. The van der Waals surface area contributed by atoms with E-state index in [4.69, 9.17) is 4.74 Å². The van der Waals surface area contributed by atoms with E-state index in [2.05, 4.69) is 10.5 Å². The highest BCUT2D eigenvalue weighted by atomic mass is 16.5. The Hall–Kier alpha value is -1.88. The fourth-order valence-corrected chi connectivity index (χ4v) is 1.41. The number of methoxy groups -OCH3 is 1. The monoisotopic (exact) mass is 250 g/mol. The van der Waals surface area contributed by atoms with Gasteiger partial charge < -0.3 is 9.22 Å². The quantitative estimate of drug-likeness (QED) is 0.478. The SMILES string of the molecule is COc1ccccc1/C=N\NC(=O)C[N+](C)(C)C. The van der Waals surface area contributed by atoms with Gasteiger partial charge in [0, 0.05) is 5.56 Å². The van der Waals surface area contributed by atoms with Crippen molar-refractivity contribution in [3.05, 3.63) is 29.8 Å². The first-order chi connectivity index (χ1) is 8.42. The summed E-state index contributed by atoms with van der Waals surface area (Å²) >= 11 is 0. The van der Waals surface area contributed by atoms with Crippen molar-refractivity contribution in [2.75, 3.05) is 34.8 Å². The summed E-state index contributed by atoms with van der Waals surface area (Å²) in [4.78, 5) is 11.5. The highest BCUT2D eigenvalue weighted by Crippen LogP contribution is 2.14. The fraction of sp³-hybridized carbons (Fsp3) is 0.385. The van der Waals surface area contributed by atoms with Crippen LogP contribution in [0.15, 0.2) is 29.4 Å². The van der Waals surface area contributed by atoms with Crippen LogP contribution < -0.4 is 10.2 Å². The average molecular weight is 250 g/mol. The molecule has 0 saturated heterocycles. The van der Waals surface area contributed by atoms with Crippen LogP contribution in [0.4, 0.5) is 0 Å². The van der Waals surface area contributed by atoms with Gasteiger partial charge in [-0.3, -0.25) is 4.79 Å². The number of para-hydroxylation sites is 1. The van der Waals surface area contributed by atoms with Crippen molar-refractivity contribution in [2.45, 2.75) is 0 Å². The minimum absolute atomic E-state index is 0.117. The molecule has 0 aromatic heterocycles. The molecule has 1 N–H and O–H groups in total. The van der Waals surface area contributed by atoms with Gasteiger partial charge in [-0.2, -0.15) is 5.10 Å². The first kappa shape index (κ1) is 14.2. The molecule has 0 aliphatic rings. The number of amides is 1. The summed E-state index contributed by atoms with van der Waals surface area (Å²) in [7, 11) is 7.44. The minimum atomic E-state index is -0.117. The summed E-state index contributed by atoms with van der Waals surface area (Å²) in [6.45, 7) is 0.378. The van der Waals surface area contributed by atoms with Gasteiger partial charge >= 0.3 is 0 Å². The van der Waals surface area contributed by atoms with E-state index < -0.39 is 0 Å². The molecule has 1 aromatic rings. The molecular weight excluding hydrogens is 230 g/mol. The van der Waals surface area contributed by atoms with Crippen molar-refractivity contribution in [1.29, 1.82) is 0 Å². The molecule has 98 valence electrons. The highest BCUT2D eigenvalue weighted by molar-refractivity contribution is 5.85. The number of nitrogens with one attached hydrogen (secondary N) is 1. The summed E-state index contributed by atoms with van der Waals surface area (Å²) in [5.74, 6) is 0.607. The van der Waals surface area contributed by atoms with Crippen molar-refractivity contribution in [2.24, 2.45) is 5.10 Å². The van der Waals surface area contributed by atoms with Gasteiger partial charge in [0.25, 0.3) is 5.91 Å². The molecule has 0 fully saturated rings. The number of hydrazone groups is 1. The maximum absolute atomic E-state index is 11.5. The van der Waals surface area contributed by atoms with Crippen LogP contribution in [0, 0.1) is 0 Å². The molecule has 1 rings (SSSR count). The number of ether oxygens (including phenoxy) is 1. The van der Waals surface area contributed by atoms with E-state index in [9.17, 15) is 4.79 Å². The zero-order valence-corrected chi connectivity index (χ0v) is 11.3. The molecule has 0 aliphatic carbocycles. The Morgan fingerprint density at radius 1 is 1.39 bits per heavy atom. The summed E-state index contributed by atoms with van der Waals surface area (Å²) < 4.78 is 5.74. The Balaban J connectivity index is 2.57. The van der Waals surface area contributed by atoms with E-state index in [0.717, 1.165) is 11.3 Å². The van der Waals surface area contributed by atoms with Crippen LogP contribution in [0.3, 0.4) is 0 Å². The zero-order chi connectivity index (χ0) is 13.6. The molecule has 0 saturated carbocycles. The van der Waals surface area contributed by atoms with Crippen molar-refractivity contribution in [3.63, 3.8) is 0 Å². The summed E-state index contributed by atoms with van der Waals surface area (Å²) in [6, 6.07) is 7.48. The topological polar surface area (TPSA) is 50.7 Å². The molecule has 5 heteroatoms. The smallest absolute Gasteiger partial charge is 0.295 e. The van der Waals surface area contributed by atoms with Crippen LogP contribution in [0.2, 0.25) is 0 Å². The number of likely N-dealkylation sites (N-methyl/N-ethyl adjacent to an activating group) is 1. The third kappa shape index (κ3) is 4.97. The number of hydrogen-bond acceptors (Lipinski definition) is 3. The van der Waals surface area contributed by atoms with E-state index in [0.29, 0.717) is 11.0 Å². The number of carbonyl (C=O) groups excluding carboxylic acids is 1. The molecule has 0 unspecified atom stereocenters. The lowest BCUT2D eigenvalue weighted by molar-refractivity contribution is -0.862. The van der Waals surface area contributed by atoms with Gasteiger partial charge in [0.2, 0.25) is 0 Å². The molecule has 1 amide bonds. The van der Waals surface area contributed by atoms with E-state index in [1.165, 1.54) is 0 Å². The van der Waals surface area contributed by atoms with Gasteiger partial charge in [-0.1, -0.05) is 12.1 Å². The first-order valence-corrected chi connectivity index (χ1v) is 5.68. The van der Waals surface area contributed by atoms with Crippen LogP contribution in [-0.4, -0.2) is 51.4 Å². The van der Waals surface area contributed by atoms with Gasteiger partial charge in [0.05, 0.1) is 34.5 Å². The molecule has 1 aromatic carbocycles. The van der Waals surface area contributed by atoms with Crippen LogP contribution in [0.25, 0.3) is 0 Å². The van der Waals surface area contributed by atoms with Crippen molar-refractivity contribution >= 4 is 12.1 Å². The normalized spacial score (nSPS) is 11.6. The number of hydrogen-bond donors (Lipinski definition) is 1. The number of rotatable bonds is 5. The summed E-state index contributed by atoms with van der Waals surface area (Å²) in [5, 5.41) is 3.92. The van der Waals surface area contributed by atoms with Crippen LogP contribution in [0.1, 0.15) is 5.56 Å². The highest BCUT2D eigenvalue weighted by Gasteiger charge is 2.13. The standard InChI is InChI=1S/C13H19N3O2/c1-16(2,3)10-13(17)15-14-9-11-7-5-6-8-12(11)18-4/h5-9H,10H2,1-4H3/p+1/b14-9-. The molecule has 18 heavy (non-hydrogen) atoms. The number of quaternary nitrogens is 1. The molecule has 0 spiro atoms. The van der Waals surface area contributed by atoms with Crippen LogP contribution >= 0.6 is 0 Å². The van der Waals surface area contributed by atoms with E-state index >= 15 is 0 Å². The van der Waals surface area contributed by atoms with Gasteiger partial charge in [0.15, 0.2) is 6.54 Å².